The van der Waals surface area contributed by atoms with Crippen molar-refractivity contribution in [3.8, 4) is 0 Å². The van der Waals surface area contributed by atoms with Crippen molar-refractivity contribution in [2.75, 3.05) is 38.6 Å². The number of hydrogen-bond acceptors (Lipinski definition) is 25. The topological polar surface area (TPSA) is 444 Å². The van der Waals surface area contributed by atoms with Crippen molar-refractivity contribution >= 4 is 158 Å². The quantitative estimate of drug-likeness (QED) is 0.00876. The van der Waals surface area contributed by atoms with Gasteiger partial charge in [-0.25, -0.2) is 80.3 Å². The molecule has 2 amide bonds. The summed E-state index contributed by atoms with van der Waals surface area (Å²) in [7, 11) is -23.0. The first kappa shape index (κ1) is 107. The van der Waals surface area contributed by atoms with E-state index in [1.165, 1.54) is 202 Å². The predicted octanol–water partition coefficient (Wildman–Crippen LogP) is 18.0. The molecule has 0 aromatic carbocycles. The summed E-state index contributed by atoms with van der Waals surface area (Å²) in [4.78, 5) is 59.5. The van der Waals surface area contributed by atoms with Gasteiger partial charge in [0, 0.05) is 60.3 Å². The molecule has 0 bridgehead atoms. The van der Waals surface area contributed by atoms with Gasteiger partial charge in [-0.15, -0.1) is 34.0 Å². The van der Waals surface area contributed by atoms with Crippen molar-refractivity contribution in [1.82, 2.24) is 15.1 Å². The Bertz CT molecular complexity index is 4050. The number of primary sulfonamides is 3. The molecule has 6 heterocycles. The lowest BCUT2D eigenvalue weighted by atomic mass is 10.0. The van der Waals surface area contributed by atoms with Crippen LogP contribution in [0.4, 0.5) is 14.4 Å². The molecule has 3 aliphatic rings. The van der Waals surface area contributed by atoms with Gasteiger partial charge in [-0.1, -0.05) is 231 Å². The van der Waals surface area contributed by atoms with Crippen LogP contribution in [0.2, 0.25) is 0 Å². The first-order valence-corrected chi connectivity index (χ1v) is 52.0. The third-order valence-corrected chi connectivity index (χ3v) is 35.4. The minimum absolute atomic E-state index is 0. The Labute approximate surface area is 701 Å². The van der Waals surface area contributed by atoms with Gasteiger partial charge in [0.05, 0.1) is 27.8 Å². The second kappa shape index (κ2) is 55.3. The van der Waals surface area contributed by atoms with Crippen molar-refractivity contribution < 1.29 is 98.5 Å². The van der Waals surface area contributed by atoms with E-state index in [9.17, 15) is 74.5 Å². The van der Waals surface area contributed by atoms with Crippen molar-refractivity contribution in [1.29, 1.82) is 0 Å². The normalized spacial score (nSPS) is 18.3. The number of nitrogens with zero attached hydrogens (tertiary/aromatic N) is 2. The molecule has 6 atom stereocenters. The van der Waals surface area contributed by atoms with E-state index in [-0.39, 0.29) is 94.3 Å². The molecule has 0 aliphatic carbocycles. The van der Waals surface area contributed by atoms with Gasteiger partial charge in [0.25, 0.3) is 0 Å². The number of rotatable bonds is 45. The SMILES string of the molecule is C.CCCCCCCCCCCCCCCCCC(=O)O.CCCCCCCCCCCCCCCCCC(=O)OCOC(=O)N(CC)[C@H]1C[C@H](C)S(=O)(=O)c2sc(S(N)(=O)=O)cc21.CCN(C(=O)OCCl)[C@H]1C[C@H](C)S(=O)(=O)c2sc(S(N)(=O)=O)cc21.CCN[C@H]1C[C@H](C)S(=O)(=O)c2sc(S(N)(=O)=O)cc21.O=C(Cl)OCCl. The van der Waals surface area contributed by atoms with E-state index < -0.39 is 124 Å². The molecular weight excluding hydrogens is 1710 g/mol. The number of carbonyl (C=O) groups excluding carboxylic acids is 4. The number of sulfonamides is 3. The Morgan fingerprint density at radius 2 is 0.752 bits per heavy atom. The summed E-state index contributed by atoms with van der Waals surface area (Å²) in [5, 5.41) is 25.0. The molecule has 113 heavy (non-hydrogen) atoms. The lowest BCUT2D eigenvalue weighted by Crippen LogP contribution is -2.40. The van der Waals surface area contributed by atoms with Crippen LogP contribution < -0.4 is 20.7 Å². The van der Waals surface area contributed by atoms with E-state index in [2.05, 4.69) is 35.5 Å². The predicted molar refractivity (Wildman–Crippen MR) is 449 cm³/mol. The number of carboxylic acid groups (broad SMARTS) is 1. The van der Waals surface area contributed by atoms with E-state index >= 15 is 0 Å². The Kier molecular flexibility index (Phi) is 52.6. The van der Waals surface area contributed by atoms with Crippen LogP contribution in [0.15, 0.2) is 43.5 Å². The zero-order chi connectivity index (χ0) is 84.5. The molecule has 3 aromatic rings. The van der Waals surface area contributed by atoms with E-state index in [1.807, 2.05) is 6.92 Å². The number of aliphatic carboxylic acids is 1. The van der Waals surface area contributed by atoms with Gasteiger partial charge in [-0.05, 0) is 91.5 Å². The molecule has 0 saturated carbocycles. The van der Waals surface area contributed by atoms with Crippen molar-refractivity contribution in [2.24, 2.45) is 15.4 Å². The molecule has 0 fully saturated rings. The Morgan fingerprint density at radius 3 is 1.04 bits per heavy atom. The Hall–Kier alpha value is -3.54. The summed E-state index contributed by atoms with van der Waals surface area (Å²) in [5.41, 5.74) is 0.102. The number of nitrogens with two attached hydrogens (primary N) is 3. The molecule has 28 nitrogen and oxygen atoms in total. The largest absolute Gasteiger partial charge is 0.481 e. The highest BCUT2D eigenvalue weighted by molar-refractivity contribution is 7.96. The number of alkyl halides is 2. The molecular formula is C73H127Cl3N6O22S9. The van der Waals surface area contributed by atoms with Crippen LogP contribution in [0.25, 0.3) is 0 Å². The van der Waals surface area contributed by atoms with Crippen LogP contribution in [0, 0.1) is 0 Å². The number of sulfone groups is 3. The molecule has 3 aromatic heterocycles. The molecule has 0 radical (unpaired) electrons. The van der Waals surface area contributed by atoms with Crippen LogP contribution in [-0.2, 0) is 88.1 Å². The number of halogens is 3. The van der Waals surface area contributed by atoms with E-state index in [0.29, 0.717) is 54.0 Å². The highest BCUT2D eigenvalue weighted by Gasteiger charge is 2.45. The molecule has 3 aliphatic heterocycles. The lowest BCUT2D eigenvalue weighted by molar-refractivity contribution is -0.152. The van der Waals surface area contributed by atoms with Crippen molar-refractivity contribution in [2.45, 2.75) is 347 Å². The van der Waals surface area contributed by atoms with Crippen molar-refractivity contribution in [3.63, 3.8) is 0 Å². The number of nitrogens with one attached hydrogen (secondary N) is 1. The minimum Gasteiger partial charge on any atom is -0.481 e. The van der Waals surface area contributed by atoms with Gasteiger partial charge in [0.2, 0.25) is 36.9 Å². The fraction of sp³-hybridized carbons (Fsp3) is 0.767. The van der Waals surface area contributed by atoms with Gasteiger partial charge < -0.3 is 39.2 Å². The van der Waals surface area contributed by atoms with Gasteiger partial charge in [-0.3, -0.25) is 9.59 Å². The summed E-state index contributed by atoms with van der Waals surface area (Å²) in [6.45, 7) is 15.0. The number of thiophene rings is 3. The average Bonchev–Trinajstić information content (AvgIpc) is 1.66. The molecule has 0 saturated heterocycles. The Balaban J connectivity index is 0.000000776. The maximum absolute atomic E-state index is 12.9. The number of hydrogen-bond donors (Lipinski definition) is 5. The highest BCUT2D eigenvalue weighted by atomic mass is 35.5. The van der Waals surface area contributed by atoms with Crippen LogP contribution in [0.5, 0.6) is 0 Å². The molecule has 656 valence electrons. The number of unbranched alkanes of at least 4 members (excludes halogenated alkanes) is 28. The maximum atomic E-state index is 12.9. The monoisotopic (exact) mass is 1830 g/mol. The summed E-state index contributed by atoms with van der Waals surface area (Å²) >= 11 is 16.9. The zero-order valence-electron chi connectivity index (χ0n) is 66.1. The molecule has 8 N–H and O–H groups in total. The van der Waals surface area contributed by atoms with Crippen LogP contribution in [-0.4, -0.2) is 149 Å². The maximum Gasteiger partial charge on any atom is 0.413 e. The van der Waals surface area contributed by atoms with Gasteiger partial charge in [0.15, 0.2) is 41.6 Å². The second-order valence-electron chi connectivity index (χ2n) is 27.9. The zero-order valence-corrected chi connectivity index (χ0v) is 75.8. The fourth-order valence-corrected chi connectivity index (χ4v) is 26.4. The van der Waals surface area contributed by atoms with Gasteiger partial charge in [0.1, 0.15) is 25.3 Å². The molecule has 6 rings (SSSR count). The summed E-state index contributed by atoms with van der Waals surface area (Å²) < 4.78 is 163. The minimum atomic E-state index is -4.13. The average molecular weight is 1840 g/mol. The number of fused-ring (bicyclic) bond motifs is 3. The fourth-order valence-electron chi connectivity index (χ4n) is 12.9. The number of amides is 2. The first-order chi connectivity index (χ1) is 52.7. The molecule has 0 unspecified atom stereocenters. The standard InChI is InChI=1S/C30H52N2O8S3.C18H36O2.C12H17ClN2O6S3.C10H16N2O4S3.C2H2Cl2O2.CH4/c1-4-6-7-8-9-10-11-12-13-14-15-16-17-18-19-20-27(33)39-23-40-30(34)32(5-2)26-21-24(3)42(35,36)29-25(26)22-28(41-29)43(31,37)38;1-2-3-4-5-6-7-8-9-10-11-12-13-14-15-16-17-18(19)20;1-3-15(12(16)21-6-13)9-4-7(2)23(17,18)11-8(9)5-10(22-11)24(14,19)20;1-3-12-8-4-6(2)18(13,14)10-7(8)5-9(17-10)19(11,15)16;3-1-6-2(4)5;/h22,24,26H,4-21,23H2,1-3H3,(H2,31,37,38);2-17H2,1H3,(H,19,20);5,7,9H,3-4,6H2,1-2H3,(H2,14,19,20);5-6,8,12H,3-4H2,1-2H3,(H2,11,15,16);1H2;1H4/t24-,26-;;7-,9-;6-,8-;;/m0.00../s1. The van der Waals surface area contributed by atoms with Crippen LogP contribution >= 0.6 is 68.8 Å². The number of carboxylic acids is 1. The smallest absolute Gasteiger partial charge is 0.413 e. The lowest BCUT2D eigenvalue weighted by Gasteiger charge is -2.35. The van der Waals surface area contributed by atoms with Crippen LogP contribution in [0.3, 0.4) is 0 Å². The third kappa shape index (κ3) is 38.2. The van der Waals surface area contributed by atoms with Gasteiger partial charge in [-0.2, -0.15) is 0 Å². The van der Waals surface area contributed by atoms with E-state index in [1.54, 1.807) is 20.8 Å². The molecule has 40 heteroatoms. The number of ether oxygens (including phenoxy) is 4. The summed E-state index contributed by atoms with van der Waals surface area (Å²) in [5.74, 6) is -1.10. The van der Waals surface area contributed by atoms with E-state index in [4.69, 9.17) is 57.9 Å². The van der Waals surface area contributed by atoms with E-state index in [0.717, 1.165) is 37.0 Å². The van der Waals surface area contributed by atoms with Crippen molar-refractivity contribution in [3.05, 3.63) is 34.9 Å². The number of carbonyl (C=O) groups is 5. The second-order valence-corrected chi connectivity index (χ2v) is 44.8. The highest BCUT2D eigenvalue weighted by Crippen LogP contribution is 2.47. The first-order valence-electron chi connectivity index (χ1n) is 38.8. The Morgan fingerprint density at radius 1 is 0.460 bits per heavy atom. The number of esters is 1. The molecule has 0 spiro atoms. The summed E-state index contributed by atoms with van der Waals surface area (Å²) in [6.07, 6.45) is 38.2. The van der Waals surface area contributed by atoms with Gasteiger partial charge >= 0.3 is 29.6 Å². The van der Waals surface area contributed by atoms with Crippen LogP contribution in [0.1, 0.15) is 322 Å². The third-order valence-electron chi connectivity index (χ3n) is 19.2. The summed E-state index contributed by atoms with van der Waals surface area (Å²) in [6, 6.07) is 1.80.